The van der Waals surface area contributed by atoms with E-state index in [9.17, 15) is 4.79 Å². The maximum absolute atomic E-state index is 10.7. The van der Waals surface area contributed by atoms with Crippen LogP contribution in [-0.2, 0) is 4.79 Å². The molecule has 66 valence electrons. The molecule has 3 nitrogen and oxygen atoms in total. The lowest BCUT2D eigenvalue weighted by Crippen LogP contribution is -2.38. The summed E-state index contributed by atoms with van der Waals surface area (Å²) in [5.41, 5.74) is 5.13. The summed E-state index contributed by atoms with van der Waals surface area (Å²) in [5, 5.41) is 2.89. The van der Waals surface area contributed by atoms with Gasteiger partial charge in [-0.3, -0.25) is 4.79 Å². The number of rotatable bonds is 6. The Morgan fingerprint density at radius 3 is 2.55 bits per heavy atom. The summed E-state index contributed by atoms with van der Waals surface area (Å²) in [5.74, 6) is -0.247. The standard InChI is InChI=1S/C8H18N2O/c1-3-4-5-6-7(10-2)8(9)11/h7,10H,3-6H2,1-2H3,(H2,9,11). The Kier molecular flexibility index (Phi) is 5.84. The second-order valence-electron chi connectivity index (χ2n) is 2.74. The van der Waals surface area contributed by atoms with E-state index in [1.807, 2.05) is 0 Å². The van der Waals surface area contributed by atoms with Gasteiger partial charge in [0.05, 0.1) is 6.04 Å². The first kappa shape index (κ1) is 10.4. The van der Waals surface area contributed by atoms with Crippen LogP contribution in [0.5, 0.6) is 0 Å². The lowest BCUT2D eigenvalue weighted by Gasteiger charge is -2.10. The van der Waals surface area contributed by atoms with E-state index in [0.717, 1.165) is 12.8 Å². The number of hydrogen-bond donors (Lipinski definition) is 2. The van der Waals surface area contributed by atoms with Crippen LogP contribution in [0.2, 0.25) is 0 Å². The van der Waals surface area contributed by atoms with Gasteiger partial charge in [0.1, 0.15) is 0 Å². The Bertz CT molecular complexity index is 115. The molecule has 0 bridgehead atoms. The van der Waals surface area contributed by atoms with Gasteiger partial charge in [0, 0.05) is 0 Å². The van der Waals surface area contributed by atoms with Gasteiger partial charge in [0.15, 0.2) is 0 Å². The lowest BCUT2D eigenvalue weighted by molar-refractivity contribution is -0.120. The maximum Gasteiger partial charge on any atom is 0.234 e. The molecular formula is C8H18N2O. The monoisotopic (exact) mass is 158 g/mol. The van der Waals surface area contributed by atoms with Crippen LogP contribution in [0, 0.1) is 0 Å². The lowest BCUT2D eigenvalue weighted by atomic mass is 10.1. The summed E-state index contributed by atoms with van der Waals surface area (Å²) in [6.07, 6.45) is 4.28. The summed E-state index contributed by atoms with van der Waals surface area (Å²) in [4.78, 5) is 10.7. The molecule has 1 amide bonds. The third-order valence-corrected chi connectivity index (χ3v) is 1.79. The van der Waals surface area contributed by atoms with Crippen molar-refractivity contribution in [1.29, 1.82) is 0 Å². The molecule has 0 rings (SSSR count). The summed E-state index contributed by atoms with van der Waals surface area (Å²) in [6.45, 7) is 2.14. The molecule has 0 heterocycles. The zero-order valence-electron chi connectivity index (χ0n) is 7.39. The molecule has 3 heteroatoms. The second kappa shape index (κ2) is 6.16. The minimum absolute atomic E-state index is 0.137. The molecule has 0 aliphatic rings. The third-order valence-electron chi connectivity index (χ3n) is 1.79. The van der Waals surface area contributed by atoms with Gasteiger partial charge in [0.2, 0.25) is 5.91 Å². The van der Waals surface area contributed by atoms with Crippen molar-refractivity contribution in [3.63, 3.8) is 0 Å². The molecule has 0 aliphatic heterocycles. The number of likely N-dealkylation sites (N-methyl/N-ethyl adjacent to an activating group) is 1. The van der Waals surface area contributed by atoms with Gasteiger partial charge in [-0.25, -0.2) is 0 Å². The molecule has 0 saturated carbocycles. The summed E-state index contributed by atoms with van der Waals surface area (Å²) in [6, 6.07) is -0.137. The van der Waals surface area contributed by atoms with Crippen molar-refractivity contribution in [2.45, 2.75) is 38.6 Å². The summed E-state index contributed by atoms with van der Waals surface area (Å²) in [7, 11) is 1.77. The Balaban J connectivity index is 3.44. The third kappa shape index (κ3) is 4.79. The summed E-state index contributed by atoms with van der Waals surface area (Å²) >= 11 is 0. The minimum atomic E-state index is -0.247. The molecular weight excluding hydrogens is 140 g/mol. The van der Waals surface area contributed by atoms with Crippen LogP contribution in [0.15, 0.2) is 0 Å². The van der Waals surface area contributed by atoms with Crippen molar-refractivity contribution in [1.82, 2.24) is 5.32 Å². The van der Waals surface area contributed by atoms with E-state index in [4.69, 9.17) is 5.73 Å². The number of hydrogen-bond acceptors (Lipinski definition) is 2. The molecule has 0 aromatic heterocycles. The highest BCUT2D eigenvalue weighted by Crippen LogP contribution is 2.02. The first-order valence-corrected chi connectivity index (χ1v) is 4.19. The van der Waals surface area contributed by atoms with E-state index >= 15 is 0 Å². The van der Waals surface area contributed by atoms with Crippen molar-refractivity contribution in [2.75, 3.05) is 7.05 Å². The Morgan fingerprint density at radius 2 is 2.18 bits per heavy atom. The SMILES string of the molecule is CCCCCC(NC)C(N)=O. The second-order valence-corrected chi connectivity index (χ2v) is 2.74. The van der Waals surface area contributed by atoms with E-state index in [2.05, 4.69) is 12.2 Å². The highest BCUT2D eigenvalue weighted by atomic mass is 16.1. The molecule has 1 atom stereocenters. The smallest absolute Gasteiger partial charge is 0.234 e. The van der Waals surface area contributed by atoms with Gasteiger partial charge >= 0.3 is 0 Å². The Hall–Kier alpha value is -0.570. The van der Waals surface area contributed by atoms with Crippen LogP contribution in [0.1, 0.15) is 32.6 Å². The average molecular weight is 158 g/mol. The van der Waals surface area contributed by atoms with Crippen molar-refractivity contribution >= 4 is 5.91 Å². The van der Waals surface area contributed by atoms with E-state index in [-0.39, 0.29) is 11.9 Å². The Morgan fingerprint density at radius 1 is 1.55 bits per heavy atom. The number of primary amides is 1. The van der Waals surface area contributed by atoms with Gasteiger partial charge in [-0.1, -0.05) is 26.2 Å². The van der Waals surface area contributed by atoms with E-state index < -0.39 is 0 Å². The van der Waals surface area contributed by atoms with Gasteiger partial charge in [-0.2, -0.15) is 0 Å². The van der Waals surface area contributed by atoms with Crippen LogP contribution in [0.3, 0.4) is 0 Å². The van der Waals surface area contributed by atoms with Crippen molar-refractivity contribution in [2.24, 2.45) is 5.73 Å². The number of nitrogens with one attached hydrogen (secondary N) is 1. The highest BCUT2D eigenvalue weighted by molar-refractivity contribution is 5.79. The zero-order chi connectivity index (χ0) is 8.69. The molecule has 0 aromatic carbocycles. The molecule has 0 spiro atoms. The van der Waals surface area contributed by atoms with Crippen LogP contribution >= 0.6 is 0 Å². The predicted molar refractivity (Wildman–Crippen MR) is 46.2 cm³/mol. The predicted octanol–water partition coefficient (Wildman–Crippen LogP) is 0.640. The largest absolute Gasteiger partial charge is 0.368 e. The fourth-order valence-corrected chi connectivity index (χ4v) is 1.03. The van der Waals surface area contributed by atoms with Gasteiger partial charge in [-0.05, 0) is 13.5 Å². The van der Waals surface area contributed by atoms with Crippen LogP contribution < -0.4 is 11.1 Å². The van der Waals surface area contributed by atoms with E-state index in [1.165, 1.54) is 12.8 Å². The van der Waals surface area contributed by atoms with Gasteiger partial charge in [-0.15, -0.1) is 0 Å². The van der Waals surface area contributed by atoms with Crippen LogP contribution in [0.25, 0.3) is 0 Å². The first-order valence-electron chi connectivity index (χ1n) is 4.19. The average Bonchev–Trinajstić information content (AvgIpc) is 1.97. The number of carbonyl (C=O) groups excluding carboxylic acids is 1. The molecule has 0 radical (unpaired) electrons. The van der Waals surface area contributed by atoms with Crippen molar-refractivity contribution in [3.05, 3.63) is 0 Å². The van der Waals surface area contributed by atoms with Gasteiger partial charge < -0.3 is 11.1 Å². The van der Waals surface area contributed by atoms with E-state index in [0.29, 0.717) is 0 Å². The zero-order valence-corrected chi connectivity index (χ0v) is 7.39. The molecule has 11 heavy (non-hydrogen) atoms. The fourth-order valence-electron chi connectivity index (χ4n) is 1.03. The number of amides is 1. The van der Waals surface area contributed by atoms with Crippen LogP contribution in [0.4, 0.5) is 0 Å². The first-order chi connectivity index (χ1) is 5.22. The highest BCUT2D eigenvalue weighted by Gasteiger charge is 2.10. The van der Waals surface area contributed by atoms with Crippen LogP contribution in [-0.4, -0.2) is 19.0 Å². The van der Waals surface area contributed by atoms with Gasteiger partial charge in [0.25, 0.3) is 0 Å². The molecule has 0 aliphatic carbocycles. The number of nitrogens with two attached hydrogens (primary N) is 1. The molecule has 0 fully saturated rings. The number of carbonyl (C=O) groups is 1. The van der Waals surface area contributed by atoms with Crippen molar-refractivity contribution < 1.29 is 4.79 Å². The molecule has 3 N–H and O–H groups in total. The van der Waals surface area contributed by atoms with E-state index in [1.54, 1.807) is 7.05 Å². The fraction of sp³-hybridized carbons (Fsp3) is 0.875. The quantitative estimate of drug-likeness (QED) is 0.557. The minimum Gasteiger partial charge on any atom is -0.368 e. The topological polar surface area (TPSA) is 55.1 Å². The maximum atomic E-state index is 10.7. The normalized spacial score (nSPS) is 12.9. The van der Waals surface area contributed by atoms with Crippen molar-refractivity contribution in [3.8, 4) is 0 Å². The molecule has 0 aromatic rings. The Labute approximate surface area is 68.3 Å². The molecule has 0 saturated heterocycles. The molecule has 1 unspecified atom stereocenters. The number of unbranched alkanes of at least 4 members (excludes halogenated alkanes) is 2. The summed E-state index contributed by atoms with van der Waals surface area (Å²) < 4.78 is 0.